The molecule has 0 bridgehead atoms. The molecule has 16 heavy (non-hydrogen) atoms. The van der Waals surface area contributed by atoms with Gasteiger partial charge in [0.1, 0.15) is 0 Å². The smallest absolute Gasteiger partial charge is 0.242 e. The molecule has 3 nitrogen and oxygen atoms in total. The number of carbonyl (C=O) groups excluding carboxylic acids is 1. The highest BCUT2D eigenvalue weighted by Gasteiger charge is 2.45. The molecule has 0 heterocycles. The van der Waals surface area contributed by atoms with Crippen LogP contribution in [0.5, 0.6) is 0 Å². The van der Waals surface area contributed by atoms with Crippen molar-refractivity contribution in [2.45, 2.75) is 51.0 Å². The van der Waals surface area contributed by atoms with E-state index in [0.29, 0.717) is 11.8 Å². The minimum absolute atomic E-state index is 0.141. The van der Waals surface area contributed by atoms with Crippen LogP contribution < -0.4 is 5.73 Å². The number of nitrogens with two attached hydrogens (primary N) is 1. The summed E-state index contributed by atoms with van der Waals surface area (Å²) in [6.07, 6.45) is 7.46. The van der Waals surface area contributed by atoms with Gasteiger partial charge in [-0.2, -0.15) is 0 Å². The maximum atomic E-state index is 12.2. The van der Waals surface area contributed by atoms with Crippen LogP contribution in [-0.2, 0) is 4.79 Å². The molecule has 0 radical (unpaired) electrons. The van der Waals surface area contributed by atoms with Gasteiger partial charge in [0.25, 0.3) is 0 Å². The lowest BCUT2D eigenvalue weighted by Gasteiger charge is -2.30. The highest BCUT2D eigenvalue weighted by Crippen LogP contribution is 2.39. The maximum Gasteiger partial charge on any atom is 0.242 e. The zero-order valence-corrected chi connectivity index (χ0v) is 10.5. The van der Waals surface area contributed by atoms with Crippen LogP contribution in [0.3, 0.4) is 0 Å². The highest BCUT2D eigenvalue weighted by atomic mass is 16.2. The van der Waals surface area contributed by atoms with E-state index in [1.165, 1.54) is 25.7 Å². The largest absolute Gasteiger partial charge is 0.344 e. The van der Waals surface area contributed by atoms with Gasteiger partial charge in [0.15, 0.2) is 0 Å². The van der Waals surface area contributed by atoms with Crippen LogP contribution in [0.4, 0.5) is 0 Å². The van der Waals surface area contributed by atoms with Crippen LogP contribution >= 0.6 is 0 Å². The topological polar surface area (TPSA) is 46.3 Å². The van der Waals surface area contributed by atoms with Gasteiger partial charge in [0.05, 0.1) is 5.54 Å². The fraction of sp³-hybridized carbons (Fsp3) is 0.923. The quantitative estimate of drug-likeness (QED) is 0.791. The zero-order valence-electron chi connectivity index (χ0n) is 10.5. The first-order valence-electron chi connectivity index (χ1n) is 6.56. The lowest BCUT2D eigenvalue weighted by atomic mass is 9.95. The predicted molar refractivity (Wildman–Crippen MR) is 64.9 cm³/mol. The minimum Gasteiger partial charge on any atom is -0.344 e. The summed E-state index contributed by atoms with van der Waals surface area (Å²) in [5.74, 6) is 1.27. The van der Waals surface area contributed by atoms with Gasteiger partial charge in [-0.3, -0.25) is 4.79 Å². The summed E-state index contributed by atoms with van der Waals surface area (Å²) in [4.78, 5) is 14.1. The molecule has 2 rings (SSSR count). The summed E-state index contributed by atoms with van der Waals surface area (Å²) in [6.45, 7) is 2.80. The minimum atomic E-state index is -0.618. The van der Waals surface area contributed by atoms with Crippen molar-refractivity contribution in [1.29, 1.82) is 0 Å². The van der Waals surface area contributed by atoms with E-state index in [0.717, 1.165) is 19.4 Å². The lowest BCUT2D eigenvalue weighted by molar-refractivity contribution is -0.136. The number of nitrogens with zero attached hydrogens (tertiary/aromatic N) is 1. The van der Waals surface area contributed by atoms with E-state index in [-0.39, 0.29) is 5.91 Å². The first-order chi connectivity index (χ1) is 7.51. The molecule has 1 atom stereocenters. The van der Waals surface area contributed by atoms with Crippen LogP contribution in [0.1, 0.15) is 45.4 Å². The molecule has 2 aliphatic rings. The Labute approximate surface area is 98.4 Å². The van der Waals surface area contributed by atoms with Crippen LogP contribution in [-0.4, -0.2) is 29.9 Å². The van der Waals surface area contributed by atoms with E-state index in [1.54, 1.807) is 0 Å². The average molecular weight is 224 g/mol. The van der Waals surface area contributed by atoms with Crippen molar-refractivity contribution in [3.8, 4) is 0 Å². The second-order valence-corrected chi connectivity index (χ2v) is 5.89. The van der Waals surface area contributed by atoms with Gasteiger partial charge < -0.3 is 10.6 Å². The first kappa shape index (κ1) is 11.9. The standard InChI is InChI=1S/C13H24N2O/c1-13(14,11-7-8-11)12(16)15(2)9-10-5-3-4-6-10/h10-11H,3-9,14H2,1-2H3. The molecule has 0 aliphatic heterocycles. The van der Waals surface area contributed by atoms with Crippen LogP contribution in [0.2, 0.25) is 0 Å². The van der Waals surface area contributed by atoms with Crippen molar-refractivity contribution in [2.75, 3.05) is 13.6 Å². The summed E-state index contributed by atoms with van der Waals surface area (Å²) in [7, 11) is 1.91. The predicted octanol–water partition coefficient (Wildman–Crippen LogP) is 1.76. The van der Waals surface area contributed by atoms with Gasteiger partial charge in [0, 0.05) is 13.6 Å². The third-order valence-corrected chi connectivity index (χ3v) is 4.24. The van der Waals surface area contributed by atoms with E-state index >= 15 is 0 Å². The molecule has 2 saturated carbocycles. The van der Waals surface area contributed by atoms with E-state index in [4.69, 9.17) is 5.73 Å². The normalized spacial score (nSPS) is 25.4. The van der Waals surface area contributed by atoms with Crippen molar-refractivity contribution in [3.05, 3.63) is 0 Å². The van der Waals surface area contributed by atoms with E-state index < -0.39 is 5.54 Å². The molecule has 0 saturated heterocycles. The molecule has 0 aromatic heterocycles. The number of hydrogen-bond donors (Lipinski definition) is 1. The Kier molecular flexibility index (Phi) is 3.24. The fourth-order valence-electron chi connectivity index (χ4n) is 2.93. The van der Waals surface area contributed by atoms with Gasteiger partial charge in [-0.1, -0.05) is 12.8 Å². The Morgan fingerprint density at radius 1 is 1.31 bits per heavy atom. The third kappa shape index (κ3) is 2.40. The van der Waals surface area contributed by atoms with Crippen molar-refractivity contribution >= 4 is 5.91 Å². The number of hydrogen-bond acceptors (Lipinski definition) is 2. The number of likely N-dealkylation sites (N-methyl/N-ethyl adjacent to an activating group) is 1. The molecule has 92 valence electrons. The van der Waals surface area contributed by atoms with Gasteiger partial charge in [-0.15, -0.1) is 0 Å². The molecule has 0 aromatic carbocycles. The molecule has 2 N–H and O–H groups in total. The molecule has 1 amide bonds. The van der Waals surface area contributed by atoms with Crippen molar-refractivity contribution in [2.24, 2.45) is 17.6 Å². The molecule has 1 unspecified atom stereocenters. The van der Waals surface area contributed by atoms with E-state index in [9.17, 15) is 4.79 Å². The Morgan fingerprint density at radius 3 is 2.38 bits per heavy atom. The Hall–Kier alpha value is -0.570. The number of amides is 1. The van der Waals surface area contributed by atoms with E-state index in [2.05, 4.69) is 0 Å². The Bertz CT molecular complexity index is 265. The van der Waals surface area contributed by atoms with E-state index in [1.807, 2.05) is 18.9 Å². The van der Waals surface area contributed by atoms with Crippen LogP contribution in [0, 0.1) is 11.8 Å². The summed E-state index contributed by atoms with van der Waals surface area (Å²) >= 11 is 0. The third-order valence-electron chi connectivity index (χ3n) is 4.24. The molecule has 0 aromatic rings. The Morgan fingerprint density at radius 2 is 1.88 bits per heavy atom. The van der Waals surface area contributed by atoms with Crippen LogP contribution in [0.25, 0.3) is 0 Å². The molecule has 2 fully saturated rings. The second-order valence-electron chi connectivity index (χ2n) is 5.89. The van der Waals surface area contributed by atoms with Crippen molar-refractivity contribution in [1.82, 2.24) is 4.90 Å². The molecular weight excluding hydrogens is 200 g/mol. The SMILES string of the molecule is CN(CC1CCCC1)C(=O)C(C)(N)C1CC1. The van der Waals surface area contributed by atoms with Crippen molar-refractivity contribution in [3.63, 3.8) is 0 Å². The van der Waals surface area contributed by atoms with Gasteiger partial charge >= 0.3 is 0 Å². The summed E-state index contributed by atoms with van der Waals surface area (Å²) < 4.78 is 0. The second kappa shape index (κ2) is 4.36. The first-order valence-corrected chi connectivity index (χ1v) is 6.56. The van der Waals surface area contributed by atoms with Crippen LogP contribution in [0.15, 0.2) is 0 Å². The summed E-state index contributed by atoms with van der Waals surface area (Å²) in [5, 5.41) is 0. The summed E-state index contributed by atoms with van der Waals surface area (Å²) in [6, 6.07) is 0. The fourth-order valence-corrected chi connectivity index (χ4v) is 2.93. The molecule has 2 aliphatic carbocycles. The average Bonchev–Trinajstić information content (AvgIpc) is 2.99. The maximum absolute atomic E-state index is 12.2. The van der Waals surface area contributed by atoms with Gasteiger partial charge in [-0.25, -0.2) is 0 Å². The highest BCUT2D eigenvalue weighted by molar-refractivity contribution is 5.86. The Balaban J connectivity index is 1.87. The summed E-state index contributed by atoms with van der Waals surface area (Å²) in [5.41, 5.74) is 5.53. The zero-order chi connectivity index (χ0) is 11.8. The molecule has 3 heteroatoms. The monoisotopic (exact) mass is 224 g/mol. The van der Waals surface area contributed by atoms with Gasteiger partial charge in [-0.05, 0) is 44.4 Å². The molecule has 0 spiro atoms. The van der Waals surface area contributed by atoms with Crippen molar-refractivity contribution < 1.29 is 4.79 Å². The lowest BCUT2D eigenvalue weighted by Crippen LogP contribution is -2.54. The number of carbonyl (C=O) groups is 1. The number of rotatable bonds is 4. The van der Waals surface area contributed by atoms with Gasteiger partial charge in [0.2, 0.25) is 5.91 Å². The molecular formula is C13H24N2O.